The van der Waals surface area contributed by atoms with E-state index in [1.807, 2.05) is 6.07 Å². The number of ether oxygens (including phenoxy) is 2. The van der Waals surface area contributed by atoms with Gasteiger partial charge in [-0.3, -0.25) is 0 Å². The van der Waals surface area contributed by atoms with E-state index < -0.39 is 0 Å². The van der Waals surface area contributed by atoms with Crippen LogP contribution in [0.4, 0.5) is 34.1 Å². The van der Waals surface area contributed by atoms with Crippen molar-refractivity contribution in [1.82, 2.24) is 0 Å². The Morgan fingerprint density at radius 2 is 0.708 bits per heavy atom. The van der Waals surface area contributed by atoms with Gasteiger partial charge in [-0.2, -0.15) is 0 Å². The fourth-order valence-corrected chi connectivity index (χ4v) is 10.3. The predicted molar refractivity (Wildman–Crippen MR) is 271 cm³/mol. The van der Waals surface area contributed by atoms with Crippen LogP contribution < -0.4 is 35.7 Å². The summed E-state index contributed by atoms with van der Waals surface area (Å²) in [5.74, 6) is 3.28. The van der Waals surface area contributed by atoms with Gasteiger partial charge in [-0.05, 0) is 92.8 Å². The molecule has 0 radical (unpaired) electrons. The number of anilines is 6. The minimum Gasteiger partial charge on any atom is -0.458 e. The van der Waals surface area contributed by atoms with E-state index in [0.29, 0.717) is 0 Å². The molecule has 5 heteroatoms. The quantitative estimate of drug-likeness (QED) is 0.149. The maximum atomic E-state index is 7.11. The van der Waals surface area contributed by atoms with Crippen molar-refractivity contribution < 1.29 is 9.47 Å². The molecule has 0 aromatic heterocycles. The standard InChI is InChI=1S/C60H39BN2O2/c1-4-18-40(19-5-1)41-34-36-45(37-35-41)62(43-22-6-2-7-23-43)52-38-56-58(49-29-14-12-27-47(49)52)61-59-50-30-15-13-28-48(50)53(39-57(59)65-55-33-17-32-54(64-56)60(55)61)63(44-24-8-3-9-25-44)51-31-16-21-42-20-10-11-26-46(42)51/h1-39H. The molecule has 0 aliphatic carbocycles. The van der Waals surface area contributed by atoms with Crippen molar-refractivity contribution in [3.05, 3.63) is 237 Å². The van der Waals surface area contributed by atoms with Gasteiger partial charge < -0.3 is 19.3 Å². The van der Waals surface area contributed by atoms with E-state index in [0.717, 1.165) is 95.1 Å². The second-order valence-corrected chi connectivity index (χ2v) is 16.8. The summed E-state index contributed by atoms with van der Waals surface area (Å²) in [6.07, 6.45) is 0. The molecule has 13 rings (SSSR count). The zero-order valence-electron chi connectivity index (χ0n) is 35.3. The Hall–Kier alpha value is -8.54. The molecule has 0 atom stereocenters. The molecule has 0 N–H and O–H groups in total. The van der Waals surface area contributed by atoms with Crippen molar-refractivity contribution in [2.45, 2.75) is 0 Å². The highest BCUT2D eigenvalue weighted by Gasteiger charge is 2.43. The first-order valence-corrected chi connectivity index (χ1v) is 22.2. The van der Waals surface area contributed by atoms with Crippen LogP contribution in [0.2, 0.25) is 0 Å². The van der Waals surface area contributed by atoms with Gasteiger partial charge in [-0.15, -0.1) is 0 Å². The first kappa shape index (κ1) is 37.1. The number of hydrogen-bond acceptors (Lipinski definition) is 4. The number of para-hydroxylation sites is 2. The topological polar surface area (TPSA) is 24.9 Å². The summed E-state index contributed by atoms with van der Waals surface area (Å²) >= 11 is 0. The minimum absolute atomic E-state index is 0.176. The number of benzene rings is 11. The molecule has 2 aliphatic heterocycles. The molecule has 4 nitrogen and oxygen atoms in total. The zero-order chi connectivity index (χ0) is 42.8. The lowest BCUT2D eigenvalue weighted by Gasteiger charge is -2.37. The van der Waals surface area contributed by atoms with Crippen LogP contribution in [0.15, 0.2) is 237 Å². The molecule has 0 amide bonds. The average Bonchev–Trinajstić information content (AvgIpc) is 3.37. The summed E-state index contributed by atoms with van der Waals surface area (Å²) in [6, 6.07) is 84.3. The first-order valence-electron chi connectivity index (χ1n) is 22.2. The van der Waals surface area contributed by atoms with E-state index in [1.165, 1.54) is 21.9 Å². The average molecular weight is 831 g/mol. The monoisotopic (exact) mass is 830 g/mol. The van der Waals surface area contributed by atoms with Gasteiger partial charge in [0.05, 0.1) is 17.1 Å². The van der Waals surface area contributed by atoms with Crippen molar-refractivity contribution in [3.8, 4) is 34.1 Å². The summed E-state index contributed by atoms with van der Waals surface area (Å²) in [4.78, 5) is 4.75. The Morgan fingerprint density at radius 1 is 0.277 bits per heavy atom. The van der Waals surface area contributed by atoms with Crippen LogP contribution in [0.5, 0.6) is 23.0 Å². The van der Waals surface area contributed by atoms with E-state index >= 15 is 0 Å². The van der Waals surface area contributed by atoms with Gasteiger partial charge in [0, 0.05) is 50.8 Å². The molecule has 0 spiro atoms. The van der Waals surface area contributed by atoms with Crippen LogP contribution in [0.3, 0.4) is 0 Å². The van der Waals surface area contributed by atoms with Crippen LogP contribution in [-0.2, 0) is 0 Å². The predicted octanol–water partition coefficient (Wildman–Crippen LogP) is 14.5. The third-order valence-corrected chi connectivity index (χ3v) is 13.1. The van der Waals surface area contributed by atoms with Crippen LogP contribution in [0.25, 0.3) is 43.4 Å². The van der Waals surface area contributed by atoms with Crippen molar-refractivity contribution in [3.63, 3.8) is 0 Å². The normalized spacial score (nSPS) is 12.2. The lowest BCUT2D eigenvalue weighted by Crippen LogP contribution is -2.58. The van der Waals surface area contributed by atoms with Gasteiger partial charge in [0.25, 0.3) is 6.71 Å². The SMILES string of the molecule is c1ccc(-c2ccc(N(c3ccccc3)c3cc4c(c5ccccc35)B3c5c(cccc5Oc5cc(N(c6ccccc6)c6cccc7ccccc67)c6ccccc6c53)O4)cc2)cc1. The molecular formula is C60H39BN2O2. The zero-order valence-corrected chi connectivity index (χ0v) is 35.3. The minimum atomic E-state index is -0.176. The lowest BCUT2D eigenvalue weighted by atomic mass is 9.33. The molecule has 0 unspecified atom stereocenters. The molecule has 2 heterocycles. The first-order chi connectivity index (χ1) is 32.3. The number of rotatable bonds is 7. The number of nitrogens with zero attached hydrogens (tertiary/aromatic N) is 2. The van der Waals surface area contributed by atoms with E-state index in [2.05, 4.69) is 240 Å². The Kier molecular flexibility index (Phi) is 8.60. The second kappa shape index (κ2) is 15.1. The Balaban J connectivity index is 1.05. The van der Waals surface area contributed by atoms with E-state index in [9.17, 15) is 0 Å². The number of hydrogen-bond donors (Lipinski definition) is 0. The Morgan fingerprint density at radius 3 is 1.31 bits per heavy atom. The highest BCUT2D eigenvalue weighted by Crippen LogP contribution is 2.48. The molecule has 0 saturated heterocycles. The highest BCUT2D eigenvalue weighted by atomic mass is 16.5. The summed E-state index contributed by atoms with van der Waals surface area (Å²) in [5, 5.41) is 6.90. The summed E-state index contributed by atoms with van der Waals surface area (Å²) in [5.41, 5.74) is 12.1. The summed E-state index contributed by atoms with van der Waals surface area (Å²) in [6.45, 7) is -0.176. The number of fused-ring (bicyclic) bond motifs is 9. The van der Waals surface area contributed by atoms with Gasteiger partial charge in [0.2, 0.25) is 0 Å². The molecule has 11 aromatic rings. The van der Waals surface area contributed by atoms with Crippen molar-refractivity contribution in [1.29, 1.82) is 0 Å². The van der Waals surface area contributed by atoms with Crippen molar-refractivity contribution >= 4 is 89.5 Å². The smallest absolute Gasteiger partial charge is 0.262 e. The lowest BCUT2D eigenvalue weighted by molar-refractivity contribution is 0.465. The molecule has 65 heavy (non-hydrogen) atoms. The molecule has 304 valence electrons. The molecule has 0 fully saturated rings. The van der Waals surface area contributed by atoms with Gasteiger partial charge in [0.15, 0.2) is 0 Å². The molecule has 0 saturated carbocycles. The van der Waals surface area contributed by atoms with Crippen LogP contribution in [0, 0.1) is 0 Å². The third kappa shape index (κ3) is 6.01. The van der Waals surface area contributed by atoms with E-state index in [4.69, 9.17) is 9.47 Å². The van der Waals surface area contributed by atoms with E-state index in [-0.39, 0.29) is 6.71 Å². The molecule has 11 aromatic carbocycles. The van der Waals surface area contributed by atoms with Gasteiger partial charge in [0.1, 0.15) is 23.0 Å². The maximum Gasteiger partial charge on any atom is 0.262 e. The van der Waals surface area contributed by atoms with Gasteiger partial charge >= 0.3 is 0 Å². The Bertz CT molecular complexity index is 3610. The van der Waals surface area contributed by atoms with Gasteiger partial charge in [-0.1, -0.05) is 170 Å². The Labute approximate surface area is 377 Å². The van der Waals surface area contributed by atoms with Gasteiger partial charge in [-0.25, -0.2) is 0 Å². The van der Waals surface area contributed by atoms with Crippen LogP contribution >= 0.6 is 0 Å². The van der Waals surface area contributed by atoms with Crippen LogP contribution in [-0.4, -0.2) is 6.71 Å². The maximum absolute atomic E-state index is 7.11. The fourth-order valence-electron chi connectivity index (χ4n) is 10.3. The fraction of sp³-hybridized carbons (Fsp3) is 0. The molecule has 0 bridgehead atoms. The summed E-state index contributed by atoms with van der Waals surface area (Å²) in [7, 11) is 0. The van der Waals surface area contributed by atoms with Crippen LogP contribution in [0.1, 0.15) is 0 Å². The second-order valence-electron chi connectivity index (χ2n) is 16.8. The summed E-state index contributed by atoms with van der Waals surface area (Å²) < 4.78 is 14.2. The van der Waals surface area contributed by atoms with Crippen molar-refractivity contribution in [2.24, 2.45) is 0 Å². The van der Waals surface area contributed by atoms with E-state index in [1.54, 1.807) is 0 Å². The highest BCUT2D eigenvalue weighted by molar-refractivity contribution is 7.01. The van der Waals surface area contributed by atoms with Crippen molar-refractivity contribution in [2.75, 3.05) is 9.80 Å². The third-order valence-electron chi connectivity index (χ3n) is 13.1. The molecular weight excluding hydrogens is 791 g/mol. The largest absolute Gasteiger partial charge is 0.458 e. The molecule has 2 aliphatic rings.